The fourth-order valence-electron chi connectivity index (χ4n) is 3.75. The van der Waals surface area contributed by atoms with Crippen molar-refractivity contribution in [3.63, 3.8) is 0 Å². The highest BCUT2D eigenvalue weighted by Crippen LogP contribution is 2.31. The molecule has 2 aromatic heterocycles. The quantitative estimate of drug-likeness (QED) is 0.349. The molecule has 0 radical (unpaired) electrons. The van der Waals surface area contributed by atoms with Gasteiger partial charge in [-0.2, -0.15) is 5.21 Å². The van der Waals surface area contributed by atoms with Crippen LogP contribution in [-0.2, 0) is 17.8 Å². The Kier molecular flexibility index (Phi) is 8.51. The number of H-pyrrole nitrogens is 1. The maximum Gasteiger partial charge on any atom is 0.341 e. The minimum atomic E-state index is -1.06. The van der Waals surface area contributed by atoms with Crippen LogP contribution in [0.2, 0.25) is 0 Å². The Morgan fingerprint density at radius 3 is 2.40 bits per heavy atom. The van der Waals surface area contributed by atoms with Crippen LogP contribution >= 0.6 is 12.4 Å². The molecule has 0 aliphatic heterocycles. The number of carboxylic acids is 1. The van der Waals surface area contributed by atoms with Gasteiger partial charge in [-0.1, -0.05) is 48.5 Å². The number of rotatable bonds is 9. The van der Waals surface area contributed by atoms with Crippen molar-refractivity contribution in [3.05, 3.63) is 76.6 Å². The van der Waals surface area contributed by atoms with Gasteiger partial charge in [0.2, 0.25) is 5.82 Å². The third kappa shape index (κ3) is 5.64. The average molecular weight is 496 g/mol. The summed E-state index contributed by atoms with van der Waals surface area (Å²) in [5.41, 5.74) is 5.75. The summed E-state index contributed by atoms with van der Waals surface area (Å²) in [5, 5.41) is 24.2. The van der Waals surface area contributed by atoms with Crippen molar-refractivity contribution in [3.8, 4) is 28.3 Å². The summed E-state index contributed by atoms with van der Waals surface area (Å²) < 4.78 is 11.2. The third-order valence-corrected chi connectivity index (χ3v) is 5.62. The number of aromatic amines is 1. The first kappa shape index (κ1) is 25.8. The van der Waals surface area contributed by atoms with Gasteiger partial charge in [0, 0.05) is 30.4 Å². The first-order valence-electron chi connectivity index (χ1n) is 10.8. The minimum Gasteiger partial charge on any atom is -0.488 e. The second kappa shape index (κ2) is 11.5. The standard InChI is InChI=1S/C25H25N5O4.ClH/c1-15-16(2)26-21(12-13-33-3)22(25(31)32)23(15)34-14-17-8-10-18(11-9-17)19-6-4-5-7-20(19)24-27-29-30-28-24;/h4-11H,12-14H2,1-3H3,(H,31,32)(H,27,28,29,30);1H. The van der Waals surface area contributed by atoms with Crippen LogP contribution in [0.25, 0.3) is 22.5 Å². The van der Waals surface area contributed by atoms with Crippen LogP contribution in [0.4, 0.5) is 0 Å². The molecule has 4 aromatic rings. The van der Waals surface area contributed by atoms with E-state index in [-0.39, 0.29) is 24.6 Å². The topological polar surface area (TPSA) is 123 Å². The summed E-state index contributed by atoms with van der Waals surface area (Å²) in [5.74, 6) is -0.195. The fourth-order valence-corrected chi connectivity index (χ4v) is 3.75. The van der Waals surface area contributed by atoms with Gasteiger partial charge >= 0.3 is 5.97 Å². The van der Waals surface area contributed by atoms with Crippen molar-refractivity contribution in [2.45, 2.75) is 26.9 Å². The number of nitrogens with one attached hydrogen (secondary N) is 1. The molecule has 2 aromatic carbocycles. The number of nitrogens with zero attached hydrogens (tertiary/aromatic N) is 4. The fraction of sp³-hybridized carbons (Fsp3) is 0.240. The van der Waals surface area contributed by atoms with Crippen molar-refractivity contribution in [1.29, 1.82) is 0 Å². The number of aryl methyl sites for hydroxylation is 1. The molecule has 2 heterocycles. The van der Waals surface area contributed by atoms with Gasteiger partial charge in [-0.25, -0.2) is 4.79 Å². The molecule has 0 spiro atoms. The van der Waals surface area contributed by atoms with Crippen LogP contribution in [-0.4, -0.2) is 50.4 Å². The van der Waals surface area contributed by atoms with Gasteiger partial charge in [-0.05, 0) is 35.8 Å². The van der Waals surface area contributed by atoms with Crippen LogP contribution in [0.15, 0.2) is 48.5 Å². The molecule has 0 saturated heterocycles. The molecule has 35 heavy (non-hydrogen) atoms. The Labute approximate surface area is 208 Å². The molecule has 0 aliphatic carbocycles. The van der Waals surface area contributed by atoms with Crippen molar-refractivity contribution < 1.29 is 19.4 Å². The van der Waals surface area contributed by atoms with E-state index in [2.05, 4.69) is 25.6 Å². The summed E-state index contributed by atoms with van der Waals surface area (Å²) in [7, 11) is 1.57. The van der Waals surface area contributed by atoms with Crippen molar-refractivity contribution in [1.82, 2.24) is 25.6 Å². The minimum absolute atomic E-state index is 0. The monoisotopic (exact) mass is 495 g/mol. The Morgan fingerprint density at radius 1 is 1.06 bits per heavy atom. The second-order valence-corrected chi connectivity index (χ2v) is 7.79. The number of carboxylic acid groups (broad SMARTS) is 1. The highest BCUT2D eigenvalue weighted by Gasteiger charge is 2.22. The Balaban J connectivity index is 0.00000342. The lowest BCUT2D eigenvalue weighted by Gasteiger charge is -2.17. The zero-order chi connectivity index (χ0) is 24.1. The first-order valence-corrected chi connectivity index (χ1v) is 10.8. The molecule has 0 bridgehead atoms. The first-order chi connectivity index (χ1) is 16.5. The largest absolute Gasteiger partial charge is 0.488 e. The number of halogens is 1. The molecule has 0 aliphatic rings. The van der Waals surface area contributed by atoms with Crippen LogP contribution in [0.1, 0.15) is 32.9 Å². The number of hydrogen-bond donors (Lipinski definition) is 2. The van der Waals surface area contributed by atoms with Crippen LogP contribution < -0.4 is 4.74 Å². The van der Waals surface area contributed by atoms with Gasteiger partial charge in [0.05, 0.1) is 12.3 Å². The molecule has 4 rings (SSSR count). The van der Waals surface area contributed by atoms with E-state index in [1.165, 1.54) is 0 Å². The maximum atomic E-state index is 12.0. The summed E-state index contributed by atoms with van der Waals surface area (Å²) in [6, 6.07) is 15.7. The van der Waals surface area contributed by atoms with E-state index in [4.69, 9.17) is 9.47 Å². The van der Waals surface area contributed by atoms with Gasteiger partial charge in [0.15, 0.2) is 0 Å². The van der Waals surface area contributed by atoms with E-state index in [1.807, 2.05) is 62.4 Å². The molecule has 0 atom stereocenters. The molecule has 2 N–H and O–H groups in total. The molecule has 10 heteroatoms. The SMILES string of the molecule is COCCc1nc(C)c(C)c(OCc2ccc(-c3ccccc3-c3nn[nH]n3)cc2)c1C(=O)O.Cl. The summed E-state index contributed by atoms with van der Waals surface area (Å²) in [4.78, 5) is 16.5. The highest BCUT2D eigenvalue weighted by atomic mass is 35.5. The Bertz CT molecular complexity index is 1290. The number of pyridine rings is 1. The van der Waals surface area contributed by atoms with E-state index in [0.717, 1.165) is 27.9 Å². The van der Waals surface area contributed by atoms with Gasteiger partial charge < -0.3 is 14.6 Å². The number of benzene rings is 2. The van der Waals surface area contributed by atoms with Crippen LogP contribution in [0.3, 0.4) is 0 Å². The van der Waals surface area contributed by atoms with Gasteiger partial charge in [-0.3, -0.25) is 4.98 Å². The number of hydrogen-bond acceptors (Lipinski definition) is 7. The van der Waals surface area contributed by atoms with Crippen LogP contribution in [0, 0.1) is 13.8 Å². The van der Waals surface area contributed by atoms with E-state index in [9.17, 15) is 9.90 Å². The number of aromatic carboxylic acids is 1. The smallest absolute Gasteiger partial charge is 0.341 e. The van der Waals surface area contributed by atoms with E-state index in [1.54, 1.807) is 7.11 Å². The Morgan fingerprint density at radius 2 is 1.77 bits per heavy atom. The normalized spacial score (nSPS) is 10.6. The molecule has 0 saturated carbocycles. The maximum absolute atomic E-state index is 12.0. The van der Waals surface area contributed by atoms with Crippen molar-refractivity contribution in [2.24, 2.45) is 0 Å². The van der Waals surface area contributed by atoms with E-state index in [0.29, 0.717) is 35.9 Å². The molecule has 0 amide bonds. The summed E-state index contributed by atoms with van der Waals surface area (Å²) in [6.45, 7) is 4.27. The molecule has 0 fully saturated rings. The zero-order valence-electron chi connectivity index (χ0n) is 19.6. The second-order valence-electron chi connectivity index (χ2n) is 7.79. The Hall–Kier alpha value is -3.82. The number of tetrazole rings is 1. The predicted molar refractivity (Wildman–Crippen MR) is 133 cm³/mol. The van der Waals surface area contributed by atoms with Crippen molar-refractivity contribution >= 4 is 18.4 Å². The number of carbonyl (C=O) groups is 1. The molecular formula is C25H26ClN5O4. The number of aromatic nitrogens is 5. The third-order valence-electron chi connectivity index (χ3n) is 5.62. The van der Waals surface area contributed by atoms with E-state index < -0.39 is 5.97 Å². The summed E-state index contributed by atoms with van der Waals surface area (Å²) in [6.07, 6.45) is 0.393. The highest BCUT2D eigenvalue weighted by molar-refractivity contribution is 5.93. The number of methoxy groups -OCH3 is 1. The zero-order valence-corrected chi connectivity index (χ0v) is 20.4. The molecule has 9 nitrogen and oxygen atoms in total. The van der Waals surface area contributed by atoms with E-state index >= 15 is 0 Å². The predicted octanol–water partition coefficient (Wildman–Crippen LogP) is 4.43. The molecule has 182 valence electrons. The van der Waals surface area contributed by atoms with Crippen LogP contribution in [0.5, 0.6) is 5.75 Å². The number of ether oxygens (including phenoxy) is 2. The van der Waals surface area contributed by atoms with Gasteiger partial charge in [-0.15, -0.1) is 22.6 Å². The molecular weight excluding hydrogens is 470 g/mol. The lowest BCUT2D eigenvalue weighted by molar-refractivity contribution is 0.0689. The lowest BCUT2D eigenvalue weighted by atomic mass is 9.98. The van der Waals surface area contributed by atoms with Gasteiger partial charge in [0.1, 0.15) is 17.9 Å². The summed E-state index contributed by atoms with van der Waals surface area (Å²) >= 11 is 0. The van der Waals surface area contributed by atoms with Gasteiger partial charge in [0.25, 0.3) is 0 Å². The lowest BCUT2D eigenvalue weighted by Crippen LogP contribution is -2.13. The molecule has 0 unspecified atom stereocenters. The van der Waals surface area contributed by atoms with Crippen molar-refractivity contribution in [2.75, 3.05) is 13.7 Å². The average Bonchev–Trinajstić information content (AvgIpc) is 3.38.